The van der Waals surface area contributed by atoms with Gasteiger partial charge in [-0.3, -0.25) is 19.2 Å². The Labute approximate surface area is 204 Å². The predicted octanol–water partition coefficient (Wildman–Crippen LogP) is 1.85. The van der Waals surface area contributed by atoms with Crippen molar-refractivity contribution in [2.75, 3.05) is 12.4 Å². The molecule has 2 aromatic carbocycles. The van der Waals surface area contributed by atoms with E-state index in [1.54, 1.807) is 48.5 Å². The third-order valence-electron chi connectivity index (χ3n) is 6.42. The number of para-hydroxylation sites is 1. The van der Waals surface area contributed by atoms with Crippen molar-refractivity contribution >= 4 is 29.3 Å². The minimum atomic E-state index is -1.36. The van der Waals surface area contributed by atoms with Gasteiger partial charge in [-0.15, -0.1) is 0 Å². The topological polar surface area (TPSA) is 128 Å². The van der Waals surface area contributed by atoms with Gasteiger partial charge in [0.1, 0.15) is 24.2 Å². The number of carbonyl (C=O) groups excluding carboxylic acids is 4. The number of anilines is 1. The van der Waals surface area contributed by atoms with Crippen molar-refractivity contribution < 1.29 is 24.3 Å². The van der Waals surface area contributed by atoms with Gasteiger partial charge < -0.3 is 26.0 Å². The second-order valence-electron chi connectivity index (χ2n) is 8.85. The molecule has 1 unspecified atom stereocenters. The zero-order valence-corrected chi connectivity index (χ0v) is 20.3. The quantitative estimate of drug-likeness (QED) is 0.531. The number of likely N-dealkylation sites (N-methyl/N-ethyl adjacent to an activating group) is 1. The summed E-state index contributed by atoms with van der Waals surface area (Å²) in [6, 6.07) is 11.7. The smallest absolute Gasteiger partial charge is 0.254 e. The minimum absolute atomic E-state index is 0.153. The molecule has 0 radical (unpaired) electrons. The summed E-state index contributed by atoms with van der Waals surface area (Å²) < 4.78 is 0. The van der Waals surface area contributed by atoms with Gasteiger partial charge in [0, 0.05) is 7.05 Å². The van der Waals surface area contributed by atoms with Crippen LogP contribution in [0.3, 0.4) is 0 Å². The van der Waals surface area contributed by atoms with Crippen LogP contribution in [0.15, 0.2) is 54.6 Å². The van der Waals surface area contributed by atoms with Crippen LogP contribution in [-0.2, 0) is 14.4 Å². The Balaban J connectivity index is 2.12. The minimum Gasteiger partial charge on any atom is -0.386 e. The zero-order valence-electron chi connectivity index (χ0n) is 20.3. The number of hydrogen-bond acceptors (Lipinski definition) is 5. The van der Waals surface area contributed by atoms with E-state index in [4.69, 9.17) is 0 Å². The van der Waals surface area contributed by atoms with Crippen molar-refractivity contribution in [1.82, 2.24) is 15.5 Å². The normalized spacial score (nSPS) is 23.5. The number of aliphatic hydroxyl groups excluding tert-OH is 1. The molecule has 4 N–H and O–H groups in total. The van der Waals surface area contributed by atoms with Gasteiger partial charge in [-0.1, -0.05) is 62.7 Å². The van der Waals surface area contributed by atoms with E-state index in [-0.39, 0.29) is 17.2 Å². The van der Waals surface area contributed by atoms with Gasteiger partial charge >= 0.3 is 0 Å². The lowest BCUT2D eigenvalue weighted by Gasteiger charge is -2.35. The van der Waals surface area contributed by atoms with Crippen LogP contribution in [0, 0.1) is 5.92 Å². The summed E-state index contributed by atoms with van der Waals surface area (Å²) in [5.74, 6) is -2.53. The summed E-state index contributed by atoms with van der Waals surface area (Å²) in [4.78, 5) is 54.2. The number of rotatable bonds is 4. The van der Waals surface area contributed by atoms with E-state index >= 15 is 0 Å². The highest BCUT2D eigenvalue weighted by Gasteiger charge is 2.39. The van der Waals surface area contributed by atoms with E-state index in [1.165, 1.54) is 24.9 Å². The van der Waals surface area contributed by atoms with Crippen LogP contribution in [-0.4, -0.2) is 58.8 Å². The van der Waals surface area contributed by atoms with E-state index in [1.807, 2.05) is 13.8 Å². The Morgan fingerprint density at radius 1 is 0.943 bits per heavy atom. The first kappa shape index (κ1) is 25.9. The van der Waals surface area contributed by atoms with Crippen molar-refractivity contribution in [2.45, 2.75) is 51.4 Å². The fourth-order valence-corrected chi connectivity index (χ4v) is 4.02. The van der Waals surface area contributed by atoms with Gasteiger partial charge in [0.05, 0.1) is 11.3 Å². The fourth-order valence-electron chi connectivity index (χ4n) is 4.02. The third kappa shape index (κ3) is 5.68. The first-order valence-corrected chi connectivity index (χ1v) is 11.7. The van der Waals surface area contributed by atoms with Crippen molar-refractivity contribution in [3.8, 4) is 0 Å². The fraction of sp³-hybridized carbons (Fsp3) is 0.385. The molecule has 0 bridgehead atoms. The van der Waals surface area contributed by atoms with Gasteiger partial charge in [0.25, 0.3) is 5.91 Å². The number of hydrogen-bond donors (Lipinski definition) is 4. The molecule has 0 saturated heterocycles. The van der Waals surface area contributed by atoms with Crippen LogP contribution in [0.5, 0.6) is 0 Å². The molecule has 1 aliphatic rings. The van der Waals surface area contributed by atoms with E-state index in [9.17, 15) is 24.3 Å². The molecule has 9 nitrogen and oxygen atoms in total. The van der Waals surface area contributed by atoms with E-state index < -0.39 is 47.9 Å². The van der Waals surface area contributed by atoms with Gasteiger partial charge in [-0.05, 0) is 30.5 Å². The zero-order chi connectivity index (χ0) is 25.7. The van der Waals surface area contributed by atoms with Crippen LogP contribution in [0.1, 0.15) is 49.2 Å². The van der Waals surface area contributed by atoms with E-state index in [0.717, 1.165) is 0 Å². The number of carbonyl (C=O) groups is 4. The van der Waals surface area contributed by atoms with Crippen molar-refractivity contribution in [1.29, 1.82) is 0 Å². The second kappa shape index (κ2) is 11.1. The molecular formula is C26H32N4O5. The highest BCUT2D eigenvalue weighted by molar-refractivity contribution is 6.07. The van der Waals surface area contributed by atoms with Crippen LogP contribution in [0.25, 0.3) is 0 Å². The summed E-state index contributed by atoms with van der Waals surface area (Å²) in [5, 5.41) is 19.3. The van der Waals surface area contributed by atoms with Crippen LogP contribution >= 0.6 is 0 Å². The molecule has 9 heteroatoms. The molecule has 2 aromatic rings. The van der Waals surface area contributed by atoms with Crippen molar-refractivity contribution in [3.05, 3.63) is 65.7 Å². The molecule has 0 spiro atoms. The Bertz CT molecular complexity index is 1090. The van der Waals surface area contributed by atoms with Gasteiger partial charge in [0.15, 0.2) is 0 Å². The molecule has 0 fully saturated rings. The summed E-state index contributed by atoms with van der Waals surface area (Å²) >= 11 is 0. The predicted molar refractivity (Wildman–Crippen MR) is 131 cm³/mol. The number of amides is 4. The standard InChI is InChI=1S/C26H32N4O5/c1-5-15(2)20-26(35)30(4)21(22(31)17-11-7-6-8-12-17)25(34)28-19-14-10-9-13-18(19)24(33)27-16(3)23(32)29-20/h6-16,20-22,31H,5H2,1-4H3,(H,27,33)(H,28,34)(H,29,32)/t15?,16-,20-,21-,22+/m1/s1. The molecule has 4 amide bonds. The van der Waals surface area contributed by atoms with Gasteiger partial charge in [-0.2, -0.15) is 0 Å². The first-order chi connectivity index (χ1) is 16.6. The maximum atomic E-state index is 13.6. The Kier molecular flexibility index (Phi) is 8.24. The highest BCUT2D eigenvalue weighted by Crippen LogP contribution is 2.25. The number of fused-ring (bicyclic) bond motifs is 1. The van der Waals surface area contributed by atoms with Gasteiger partial charge in [-0.25, -0.2) is 0 Å². The Morgan fingerprint density at radius 2 is 1.57 bits per heavy atom. The van der Waals surface area contributed by atoms with Gasteiger partial charge in [0.2, 0.25) is 17.7 Å². The average molecular weight is 481 g/mol. The number of benzene rings is 2. The molecular weight excluding hydrogens is 448 g/mol. The molecule has 1 aliphatic heterocycles. The van der Waals surface area contributed by atoms with Crippen molar-refractivity contribution in [3.63, 3.8) is 0 Å². The summed E-state index contributed by atoms with van der Waals surface area (Å²) in [6.07, 6.45) is -0.780. The molecule has 0 saturated carbocycles. The molecule has 186 valence electrons. The molecule has 3 rings (SSSR count). The Hall–Kier alpha value is -3.72. The highest BCUT2D eigenvalue weighted by atomic mass is 16.3. The summed E-state index contributed by atoms with van der Waals surface area (Å²) in [6.45, 7) is 5.23. The van der Waals surface area contributed by atoms with Crippen LogP contribution in [0.4, 0.5) is 5.69 Å². The summed E-state index contributed by atoms with van der Waals surface area (Å²) in [5.41, 5.74) is 0.798. The van der Waals surface area contributed by atoms with E-state index in [0.29, 0.717) is 12.0 Å². The maximum Gasteiger partial charge on any atom is 0.254 e. The monoisotopic (exact) mass is 480 g/mol. The molecule has 1 heterocycles. The third-order valence-corrected chi connectivity index (χ3v) is 6.42. The average Bonchev–Trinajstić information content (AvgIpc) is 2.86. The first-order valence-electron chi connectivity index (χ1n) is 11.7. The van der Waals surface area contributed by atoms with Crippen molar-refractivity contribution in [2.24, 2.45) is 5.92 Å². The lowest BCUT2D eigenvalue weighted by atomic mass is 9.95. The largest absolute Gasteiger partial charge is 0.386 e. The van der Waals surface area contributed by atoms with E-state index in [2.05, 4.69) is 16.0 Å². The number of nitrogens with one attached hydrogen (secondary N) is 3. The Morgan fingerprint density at radius 3 is 2.23 bits per heavy atom. The lowest BCUT2D eigenvalue weighted by Crippen LogP contribution is -2.58. The number of nitrogens with zero attached hydrogens (tertiary/aromatic N) is 1. The van der Waals surface area contributed by atoms with Crippen LogP contribution in [0.2, 0.25) is 0 Å². The molecule has 0 aliphatic carbocycles. The van der Waals surface area contributed by atoms with Crippen LogP contribution < -0.4 is 16.0 Å². The SMILES string of the molecule is CCC(C)[C@H]1NC(=O)[C@@H](C)NC(=O)c2ccccc2NC(=O)[C@@H]([C@@H](O)c2ccccc2)N(C)C1=O. The second-order valence-corrected chi connectivity index (χ2v) is 8.85. The lowest BCUT2D eigenvalue weighted by molar-refractivity contribution is -0.145. The molecule has 0 aromatic heterocycles. The molecule has 5 atom stereocenters. The molecule has 35 heavy (non-hydrogen) atoms. The summed E-state index contributed by atoms with van der Waals surface area (Å²) in [7, 11) is 1.43. The number of aliphatic hydroxyl groups is 1. The maximum absolute atomic E-state index is 13.6.